The number of fused-ring (bicyclic) bond motifs is 1. The first kappa shape index (κ1) is 19.3. The van der Waals surface area contributed by atoms with Crippen molar-refractivity contribution in [1.82, 2.24) is 15.2 Å². The third-order valence-electron chi connectivity index (χ3n) is 4.59. The summed E-state index contributed by atoms with van der Waals surface area (Å²) in [5, 5.41) is 14.6. The number of benzene rings is 1. The van der Waals surface area contributed by atoms with E-state index in [2.05, 4.69) is 15.6 Å². The van der Waals surface area contributed by atoms with Gasteiger partial charge in [0.2, 0.25) is 0 Å². The molecule has 0 fully saturated rings. The summed E-state index contributed by atoms with van der Waals surface area (Å²) in [6.07, 6.45) is 1.70. The first-order valence-corrected chi connectivity index (χ1v) is 9.04. The molecule has 2 amide bonds. The van der Waals surface area contributed by atoms with Gasteiger partial charge in [0.05, 0.1) is 5.92 Å². The summed E-state index contributed by atoms with van der Waals surface area (Å²) >= 11 is 0. The summed E-state index contributed by atoms with van der Waals surface area (Å²) in [5.41, 5.74) is 1.73. The number of aliphatic carboxylic acids is 1. The van der Waals surface area contributed by atoms with Crippen LogP contribution in [0.25, 0.3) is 0 Å². The number of hydrogen-bond donors (Lipinski definition) is 3. The zero-order valence-corrected chi connectivity index (χ0v) is 15.5. The topological polar surface area (TPSA) is 112 Å². The lowest BCUT2D eigenvalue weighted by Crippen LogP contribution is -2.31. The predicted molar refractivity (Wildman–Crippen MR) is 103 cm³/mol. The molecular formula is C20H22N4O4. The molecule has 3 N–H and O–H groups in total. The van der Waals surface area contributed by atoms with Crippen molar-refractivity contribution in [2.45, 2.75) is 13.5 Å². The van der Waals surface area contributed by atoms with Gasteiger partial charge >= 0.3 is 5.97 Å². The summed E-state index contributed by atoms with van der Waals surface area (Å²) in [5.74, 6) is -1.41. The van der Waals surface area contributed by atoms with Gasteiger partial charge in [0, 0.05) is 43.5 Å². The quantitative estimate of drug-likeness (QED) is 0.639. The molecule has 1 aromatic heterocycles. The molecule has 1 aliphatic rings. The average Bonchev–Trinajstić information content (AvgIpc) is 3.01. The Morgan fingerprint density at radius 1 is 1.29 bits per heavy atom. The number of nitrogens with zero attached hydrogens (tertiary/aromatic N) is 2. The van der Waals surface area contributed by atoms with Crippen molar-refractivity contribution in [2.75, 3.05) is 25.0 Å². The van der Waals surface area contributed by atoms with Crippen molar-refractivity contribution in [3.05, 3.63) is 59.3 Å². The Hall–Kier alpha value is -3.42. The molecule has 0 unspecified atom stereocenters. The number of carbonyl (C=O) groups excluding carboxylic acids is 2. The van der Waals surface area contributed by atoms with Crippen LogP contribution in [0, 0.1) is 5.92 Å². The fourth-order valence-electron chi connectivity index (χ4n) is 2.90. The molecule has 1 atom stereocenters. The number of amides is 2. The van der Waals surface area contributed by atoms with Crippen LogP contribution in [0.4, 0.5) is 5.82 Å². The van der Waals surface area contributed by atoms with Gasteiger partial charge in [-0.15, -0.1) is 0 Å². The number of hydrogen-bond acceptors (Lipinski definition) is 5. The SMILES string of the molecule is C[C@@H](CNC(=O)c1ccc2c(c1)C(=O)N(CCNc1ccccn1)C2)C(=O)O. The highest BCUT2D eigenvalue weighted by Crippen LogP contribution is 2.23. The van der Waals surface area contributed by atoms with Gasteiger partial charge in [-0.1, -0.05) is 19.1 Å². The van der Waals surface area contributed by atoms with Crippen molar-refractivity contribution in [3.63, 3.8) is 0 Å². The van der Waals surface area contributed by atoms with Crippen molar-refractivity contribution >= 4 is 23.6 Å². The van der Waals surface area contributed by atoms with Crippen LogP contribution in [0.5, 0.6) is 0 Å². The maximum Gasteiger partial charge on any atom is 0.308 e. The van der Waals surface area contributed by atoms with Gasteiger partial charge in [0.15, 0.2) is 0 Å². The average molecular weight is 382 g/mol. The van der Waals surface area contributed by atoms with Crippen molar-refractivity contribution in [2.24, 2.45) is 5.92 Å². The van der Waals surface area contributed by atoms with Crippen LogP contribution in [0.1, 0.15) is 33.2 Å². The Morgan fingerprint density at radius 2 is 2.11 bits per heavy atom. The lowest BCUT2D eigenvalue weighted by molar-refractivity contribution is -0.140. The largest absolute Gasteiger partial charge is 0.481 e. The second-order valence-electron chi connectivity index (χ2n) is 6.69. The van der Waals surface area contributed by atoms with E-state index in [4.69, 9.17) is 5.11 Å². The van der Waals surface area contributed by atoms with E-state index in [1.807, 2.05) is 18.2 Å². The van der Waals surface area contributed by atoms with E-state index in [0.717, 1.165) is 11.4 Å². The van der Waals surface area contributed by atoms with E-state index in [9.17, 15) is 14.4 Å². The van der Waals surface area contributed by atoms with Crippen molar-refractivity contribution in [1.29, 1.82) is 0 Å². The van der Waals surface area contributed by atoms with Gasteiger partial charge in [-0.3, -0.25) is 14.4 Å². The molecule has 1 aliphatic heterocycles. The molecule has 28 heavy (non-hydrogen) atoms. The number of aromatic nitrogens is 1. The van der Waals surface area contributed by atoms with Crippen LogP contribution in [0.2, 0.25) is 0 Å². The molecular weight excluding hydrogens is 360 g/mol. The molecule has 2 aromatic rings. The molecule has 2 heterocycles. The minimum atomic E-state index is -0.973. The number of anilines is 1. The number of carboxylic acids is 1. The molecule has 0 aliphatic carbocycles. The fourth-order valence-corrected chi connectivity index (χ4v) is 2.90. The summed E-state index contributed by atoms with van der Waals surface area (Å²) in [7, 11) is 0. The van der Waals surface area contributed by atoms with Crippen LogP contribution in [0.15, 0.2) is 42.6 Å². The lowest BCUT2D eigenvalue weighted by Gasteiger charge is -2.16. The molecule has 8 heteroatoms. The molecule has 8 nitrogen and oxygen atoms in total. The van der Waals surface area contributed by atoms with Crippen molar-refractivity contribution < 1.29 is 19.5 Å². The van der Waals surface area contributed by atoms with Gasteiger partial charge in [-0.05, 0) is 29.8 Å². The van der Waals surface area contributed by atoms with E-state index < -0.39 is 11.9 Å². The zero-order valence-electron chi connectivity index (χ0n) is 15.5. The number of pyridine rings is 1. The number of rotatable bonds is 8. The summed E-state index contributed by atoms with van der Waals surface area (Å²) < 4.78 is 0. The molecule has 146 valence electrons. The van der Waals surface area contributed by atoms with Gasteiger partial charge in [0.25, 0.3) is 11.8 Å². The van der Waals surface area contributed by atoms with Crippen LogP contribution < -0.4 is 10.6 Å². The highest BCUT2D eigenvalue weighted by molar-refractivity contribution is 6.02. The standard InChI is InChI=1S/C20H22N4O4/c1-13(20(27)28)11-23-18(25)14-5-6-15-12-24(19(26)16(15)10-14)9-8-22-17-4-2-3-7-21-17/h2-7,10,13H,8-9,11-12H2,1H3,(H,21,22)(H,23,25)(H,27,28)/t13-/m0/s1. The summed E-state index contributed by atoms with van der Waals surface area (Å²) in [6.45, 7) is 3.13. The first-order chi connectivity index (χ1) is 13.5. The summed E-state index contributed by atoms with van der Waals surface area (Å²) in [4.78, 5) is 41.6. The highest BCUT2D eigenvalue weighted by atomic mass is 16.4. The Balaban J connectivity index is 1.57. The minimum Gasteiger partial charge on any atom is -0.481 e. The first-order valence-electron chi connectivity index (χ1n) is 9.04. The lowest BCUT2D eigenvalue weighted by atomic mass is 10.1. The number of carboxylic acid groups (broad SMARTS) is 1. The van der Waals surface area contributed by atoms with E-state index >= 15 is 0 Å². The van der Waals surface area contributed by atoms with Crippen LogP contribution in [-0.2, 0) is 11.3 Å². The molecule has 0 spiro atoms. The molecule has 0 saturated carbocycles. The molecule has 0 bridgehead atoms. The Kier molecular flexibility index (Phi) is 5.88. The number of nitrogens with one attached hydrogen (secondary N) is 2. The number of carbonyl (C=O) groups is 3. The monoisotopic (exact) mass is 382 g/mol. The molecule has 3 rings (SSSR count). The smallest absolute Gasteiger partial charge is 0.308 e. The third-order valence-corrected chi connectivity index (χ3v) is 4.59. The minimum absolute atomic E-state index is 0.0323. The fraction of sp³-hybridized carbons (Fsp3) is 0.300. The Labute approximate surface area is 162 Å². The highest BCUT2D eigenvalue weighted by Gasteiger charge is 2.28. The van der Waals surface area contributed by atoms with Gasteiger partial charge in [0.1, 0.15) is 5.82 Å². The van der Waals surface area contributed by atoms with E-state index in [-0.39, 0.29) is 18.4 Å². The second kappa shape index (κ2) is 8.51. The maximum absolute atomic E-state index is 12.6. The van der Waals surface area contributed by atoms with Gasteiger partial charge in [-0.25, -0.2) is 4.98 Å². The van der Waals surface area contributed by atoms with Gasteiger partial charge < -0.3 is 20.6 Å². The zero-order chi connectivity index (χ0) is 20.1. The predicted octanol–water partition coefficient (Wildman–Crippen LogP) is 1.60. The van der Waals surface area contributed by atoms with E-state index in [1.165, 1.54) is 6.92 Å². The maximum atomic E-state index is 12.6. The van der Waals surface area contributed by atoms with Crippen LogP contribution in [-0.4, -0.2) is 52.4 Å². The van der Waals surface area contributed by atoms with E-state index in [1.54, 1.807) is 29.3 Å². The van der Waals surface area contributed by atoms with Crippen LogP contribution in [0.3, 0.4) is 0 Å². The van der Waals surface area contributed by atoms with Gasteiger partial charge in [-0.2, -0.15) is 0 Å². The van der Waals surface area contributed by atoms with Crippen molar-refractivity contribution in [3.8, 4) is 0 Å². The molecule has 0 saturated heterocycles. The summed E-state index contributed by atoms with van der Waals surface area (Å²) in [6, 6.07) is 10.6. The second-order valence-corrected chi connectivity index (χ2v) is 6.69. The Morgan fingerprint density at radius 3 is 2.82 bits per heavy atom. The third kappa shape index (κ3) is 4.46. The normalized spacial score (nSPS) is 13.8. The molecule has 0 radical (unpaired) electrons. The molecule has 1 aromatic carbocycles. The Bertz CT molecular complexity index is 885. The van der Waals surface area contributed by atoms with Crippen LogP contribution >= 0.6 is 0 Å². The van der Waals surface area contributed by atoms with E-state index in [0.29, 0.717) is 30.8 Å².